The minimum absolute atomic E-state index is 0.363. The van der Waals surface area contributed by atoms with E-state index in [0.717, 1.165) is 17.4 Å². The van der Waals surface area contributed by atoms with Crippen LogP contribution in [0.15, 0.2) is 36.9 Å². The zero-order valence-corrected chi connectivity index (χ0v) is 12.5. The molecule has 0 N–H and O–H groups in total. The SMILES string of the molecule is c1cnn(-c2cncc(OC3C4CC5CC3CN(C5)C4)c2)c1. The van der Waals surface area contributed by atoms with Crippen molar-refractivity contribution in [1.82, 2.24) is 19.7 Å². The molecule has 2 atom stereocenters. The summed E-state index contributed by atoms with van der Waals surface area (Å²) in [5.74, 6) is 3.17. The number of pyridine rings is 1. The Kier molecular flexibility index (Phi) is 2.77. The zero-order chi connectivity index (χ0) is 14.5. The first-order valence-corrected chi connectivity index (χ1v) is 8.19. The van der Waals surface area contributed by atoms with Gasteiger partial charge < -0.3 is 9.64 Å². The largest absolute Gasteiger partial charge is 0.488 e. The summed E-state index contributed by atoms with van der Waals surface area (Å²) in [4.78, 5) is 6.96. The summed E-state index contributed by atoms with van der Waals surface area (Å²) in [7, 11) is 0. The van der Waals surface area contributed by atoms with Gasteiger partial charge in [0.2, 0.25) is 0 Å². The fourth-order valence-corrected chi connectivity index (χ4v) is 4.73. The van der Waals surface area contributed by atoms with Gasteiger partial charge in [-0.05, 0) is 24.8 Å². The lowest BCUT2D eigenvalue weighted by Crippen LogP contribution is -2.61. The molecule has 4 fully saturated rings. The Labute approximate surface area is 129 Å². The van der Waals surface area contributed by atoms with E-state index in [9.17, 15) is 0 Å². The van der Waals surface area contributed by atoms with Gasteiger partial charge in [-0.15, -0.1) is 0 Å². The molecule has 6 rings (SSSR count). The van der Waals surface area contributed by atoms with Gasteiger partial charge in [0.1, 0.15) is 11.9 Å². The average molecular weight is 296 g/mol. The summed E-state index contributed by atoms with van der Waals surface area (Å²) in [6.45, 7) is 3.74. The third kappa shape index (κ3) is 2.03. The maximum Gasteiger partial charge on any atom is 0.140 e. The van der Waals surface area contributed by atoms with Gasteiger partial charge in [-0.2, -0.15) is 5.10 Å². The molecule has 5 heteroatoms. The topological polar surface area (TPSA) is 43.2 Å². The Bertz CT molecular complexity index is 641. The van der Waals surface area contributed by atoms with Crippen LogP contribution in [0.3, 0.4) is 0 Å². The van der Waals surface area contributed by atoms with E-state index < -0.39 is 0 Å². The third-order valence-electron chi connectivity index (χ3n) is 5.44. The van der Waals surface area contributed by atoms with E-state index in [1.165, 1.54) is 32.5 Å². The van der Waals surface area contributed by atoms with Gasteiger partial charge in [-0.1, -0.05) is 0 Å². The molecule has 0 aromatic carbocycles. The maximum absolute atomic E-state index is 6.40. The van der Waals surface area contributed by atoms with Crippen molar-refractivity contribution < 1.29 is 4.74 Å². The van der Waals surface area contributed by atoms with Gasteiger partial charge in [-0.3, -0.25) is 4.98 Å². The van der Waals surface area contributed by atoms with Gasteiger partial charge in [0.05, 0.1) is 18.1 Å². The predicted octanol–water partition coefficient (Wildman–Crippen LogP) is 1.99. The molecular formula is C17H20N4O. The summed E-state index contributed by atoms with van der Waals surface area (Å²) in [6.07, 6.45) is 10.4. The molecule has 1 aliphatic carbocycles. The van der Waals surface area contributed by atoms with Crippen LogP contribution in [-0.4, -0.2) is 45.4 Å². The number of hydrogen-bond donors (Lipinski definition) is 0. The molecule has 2 unspecified atom stereocenters. The minimum Gasteiger partial charge on any atom is -0.488 e. The lowest BCUT2D eigenvalue weighted by molar-refractivity contribution is -0.0985. The molecule has 0 radical (unpaired) electrons. The molecule has 0 spiro atoms. The summed E-state index contributed by atoms with van der Waals surface area (Å²) in [6, 6.07) is 3.96. The quantitative estimate of drug-likeness (QED) is 0.869. The molecule has 3 saturated heterocycles. The summed E-state index contributed by atoms with van der Waals surface area (Å²) in [5.41, 5.74) is 0.954. The van der Waals surface area contributed by atoms with E-state index in [4.69, 9.17) is 4.74 Å². The van der Waals surface area contributed by atoms with Crippen molar-refractivity contribution in [2.45, 2.75) is 18.9 Å². The van der Waals surface area contributed by atoms with Crippen molar-refractivity contribution >= 4 is 0 Å². The van der Waals surface area contributed by atoms with Crippen LogP contribution in [0.2, 0.25) is 0 Å². The second-order valence-electron chi connectivity index (χ2n) is 6.99. The molecule has 3 aliphatic heterocycles. The Morgan fingerprint density at radius 1 is 1.09 bits per heavy atom. The van der Waals surface area contributed by atoms with Crippen LogP contribution in [0.5, 0.6) is 5.75 Å². The number of nitrogens with zero attached hydrogens (tertiary/aromatic N) is 4. The van der Waals surface area contributed by atoms with Crippen molar-refractivity contribution in [1.29, 1.82) is 0 Å². The van der Waals surface area contributed by atoms with E-state index >= 15 is 0 Å². The van der Waals surface area contributed by atoms with E-state index in [2.05, 4.69) is 15.0 Å². The molecule has 4 bridgehead atoms. The molecule has 1 saturated carbocycles. The summed E-state index contributed by atoms with van der Waals surface area (Å²) < 4.78 is 8.22. The van der Waals surface area contributed by atoms with E-state index in [1.807, 2.05) is 35.4 Å². The molecular weight excluding hydrogens is 276 g/mol. The number of piperidine rings is 3. The first-order valence-electron chi connectivity index (χ1n) is 8.19. The number of rotatable bonds is 3. The normalized spacial score (nSPS) is 35.7. The molecule has 5 heterocycles. The van der Waals surface area contributed by atoms with Gasteiger partial charge in [-0.25, -0.2) is 4.68 Å². The Hall–Kier alpha value is -1.88. The highest BCUT2D eigenvalue weighted by Crippen LogP contribution is 2.44. The highest BCUT2D eigenvalue weighted by Gasteiger charge is 2.48. The lowest BCUT2D eigenvalue weighted by Gasteiger charge is -2.55. The Balaban J connectivity index is 1.39. The molecule has 5 nitrogen and oxygen atoms in total. The summed E-state index contributed by atoms with van der Waals surface area (Å²) >= 11 is 0. The highest BCUT2D eigenvalue weighted by molar-refractivity contribution is 5.34. The van der Waals surface area contributed by atoms with Crippen LogP contribution in [0.4, 0.5) is 0 Å². The molecule has 2 aromatic heterocycles. The number of aromatic nitrogens is 3. The molecule has 2 aromatic rings. The van der Waals surface area contributed by atoms with Crippen molar-refractivity contribution in [2.24, 2.45) is 17.8 Å². The first-order chi connectivity index (χ1) is 10.8. The Morgan fingerprint density at radius 2 is 1.95 bits per heavy atom. The zero-order valence-electron chi connectivity index (χ0n) is 12.5. The van der Waals surface area contributed by atoms with Crippen LogP contribution in [0.25, 0.3) is 5.69 Å². The van der Waals surface area contributed by atoms with Gasteiger partial charge >= 0.3 is 0 Å². The van der Waals surface area contributed by atoms with E-state index in [1.54, 1.807) is 6.20 Å². The van der Waals surface area contributed by atoms with Crippen molar-refractivity contribution in [3.05, 3.63) is 36.9 Å². The maximum atomic E-state index is 6.40. The van der Waals surface area contributed by atoms with Crippen LogP contribution in [0, 0.1) is 17.8 Å². The van der Waals surface area contributed by atoms with E-state index in [-0.39, 0.29) is 0 Å². The van der Waals surface area contributed by atoms with Crippen molar-refractivity contribution in [3.8, 4) is 11.4 Å². The van der Waals surface area contributed by atoms with Crippen LogP contribution >= 0.6 is 0 Å². The van der Waals surface area contributed by atoms with Gasteiger partial charge in [0.25, 0.3) is 0 Å². The fourth-order valence-electron chi connectivity index (χ4n) is 4.73. The monoisotopic (exact) mass is 296 g/mol. The predicted molar refractivity (Wildman–Crippen MR) is 81.9 cm³/mol. The van der Waals surface area contributed by atoms with Crippen LogP contribution in [-0.2, 0) is 0 Å². The number of hydrogen-bond acceptors (Lipinski definition) is 4. The van der Waals surface area contributed by atoms with Gasteiger partial charge in [0, 0.05) is 49.9 Å². The fraction of sp³-hybridized carbons (Fsp3) is 0.529. The van der Waals surface area contributed by atoms with E-state index in [0.29, 0.717) is 17.9 Å². The van der Waals surface area contributed by atoms with Crippen molar-refractivity contribution in [2.75, 3.05) is 19.6 Å². The Morgan fingerprint density at radius 3 is 2.68 bits per heavy atom. The van der Waals surface area contributed by atoms with Crippen LogP contribution in [0.1, 0.15) is 12.8 Å². The second kappa shape index (κ2) is 4.81. The molecule has 4 aliphatic rings. The third-order valence-corrected chi connectivity index (χ3v) is 5.44. The molecule has 22 heavy (non-hydrogen) atoms. The lowest BCUT2D eigenvalue weighted by atomic mass is 9.66. The van der Waals surface area contributed by atoms with Crippen molar-refractivity contribution in [3.63, 3.8) is 0 Å². The second-order valence-corrected chi connectivity index (χ2v) is 6.99. The minimum atomic E-state index is 0.363. The standard InChI is InChI=1S/C17H20N4O/c1-2-19-21(3-1)15-6-16(8-18-7-15)22-17-13-4-12-5-14(17)11-20(9-12)10-13/h1-3,6-8,12-14,17H,4-5,9-11H2. The molecule has 114 valence electrons. The molecule has 0 amide bonds. The average Bonchev–Trinajstić information content (AvgIpc) is 3.05. The smallest absolute Gasteiger partial charge is 0.140 e. The first kappa shape index (κ1) is 12.6. The van der Waals surface area contributed by atoms with Crippen LogP contribution < -0.4 is 4.74 Å². The summed E-state index contributed by atoms with van der Waals surface area (Å²) in [5, 5.41) is 4.26. The number of ether oxygens (including phenoxy) is 1. The highest BCUT2D eigenvalue weighted by atomic mass is 16.5. The van der Waals surface area contributed by atoms with Gasteiger partial charge in [0.15, 0.2) is 0 Å².